The average molecular weight is 393 g/mol. The van der Waals surface area contributed by atoms with Gasteiger partial charge in [0.1, 0.15) is 23.3 Å². The molecule has 140 valence electrons. The molecule has 1 saturated heterocycles. The molecule has 0 saturated carbocycles. The van der Waals surface area contributed by atoms with Crippen LogP contribution in [-0.4, -0.2) is 56.6 Å². The molecule has 1 aliphatic rings. The number of hydrogen-bond donors (Lipinski definition) is 2. The van der Waals surface area contributed by atoms with E-state index in [0.29, 0.717) is 13.1 Å². The van der Waals surface area contributed by atoms with Gasteiger partial charge in [-0.15, -0.1) is 24.8 Å². The van der Waals surface area contributed by atoms with Crippen molar-refractivity contribution in [3.05, 3.63) is 17.7 Å². The monoisotopic (exact) mass is 392 g/mol. The van der Waals surface area contributed by atoms with Crippen LogP contribution in [0.25, 0.3) is 0 Å². The Bertz CT molecular complexity index is 527. The number of ether oxygens (including phenoxy) is 2. The molecule has 0 unspecified atom stereocenters. The lowest BCUT2D eigenvalue weighted by molar-refractivity contribution is -0.188. The van der Waals surface area contributed by atoms with Crippen molar-refractivity contribution in [3.63, 3.8) is 0 Å². The van der Waals surface area contributed by atoms with E-state index in [-0.39, 0.29) is 55.0 Å². The fourth-order valence-electron chi connectivity index (χ4n) is 2.64. The summed E-state index contributed by atoms with van der Waals surface area (Å²) in [6.07, 6.45) is -4.53. The Kier molecular flexibility index (Phi) is 8.98. The average Bonchev–Trinajstić information content (AvgIpc) is 2.48. The number of piperazine rings is 1. The molecule has 0 amide bonds. The maximum atomic E-state index is 13.6. The molecule has 0 radical (unpaired) electrons. The summed E-state index contributed by atoms with van der Waals surface area (Å²) < 4.78 is 50.8. The number of alkyl halides is 3. The number of halogens is 5. The Hall–Kier alpha value is -1.09. The Morgan fingerprint density at radius 2 is 1.71 bits per heavy atom. The minimum absolute atomic E-state index is 0. The highest BCUT2D eigenvalue weighted by atomic mass is 35.5. The number of methoxy groups -OCH3 is 2. The molecular weight excluding hydrogens is 372 g/mol. The number of benzene rings is 1. The summed E-state index contributed by atoms with van der Waals surface area (Å²) in [5.41, 5.74) is -0.280. The van der Waals surface area contributed by atoms with Crippen molar-refractivity contribution in [2.75, 3.05) is 40.4 Å². The third kappa shape index (κ3) is 4.95. The highest BCUT2D eigenvalue weighted by Crippen LogP contribution is 2.47. The predicted molar refractivity (Wildman–Crippen MR) is 88.9 cm³/mol. The van der Waals surface area contributed by atoms with E-state index >= 15 is 0 Å². The van der Waals surface area contributed by atoms with Crippen molar-refractivity contribution in [3.8, 4) is 17.2 Å². The number of phenols is 1. The van der Waals surface area contributed by atoms with Crippen LogP contribution in [0.15, 0.2) is 12.1 Å². The zero-order valence-corrected chi connectivity index (χ0v) is 14.9. The lowest BCUT2D eigenvalue weighted by Crippen LogP contribution is -2.49. The Labute approximate surface area is 150 Å². The van der Waals surface area contributed by atoms with E-state index in [4.69, 9.17) is 9.47 Å². The zero-order chi connectivity index (χ0) is 16.3. The number of nitrogens with zero attached hydrogens (tertiary/aromatic N) is 1. The van der Waals surface area contributed by atoms with Gasteiger partial charge in [0.2, 0.25) is 0 Å². The van der Waals surface area contributed by atoms with E-state index < -0.39 is 18.0 Å². The van der Waals surface area contributed by atoms with Crippen LogP contribution in [0.2, 0.25) is 0 Å². The highest BCUT2D eigenvalue weighted by molar-refractivity contribution is 5.85. The molecule has 1 fully saturated rings. The van der Waals surface area contributed by atoms with Gasteiger partial charge in [-0.1, -0.05) is 0 Å². The first-order valence-electron chi connectivity index (χ1n) is 6.85. The summed E-state index contributed by atoms with van der Waals surface area (Å²) >= 11 is 0. The molecular formula is C14H21Cl2F3N2O3. The Balaban J connectivity index is 0.00000264. The summed E-state index contributed by atoms with van der Waals surface area (Å²) in [4.78, 5) is 1.29. The maximum Gasteiger partial charge on any atom is 0.408 e. The van der Waals surface area contributed by atoms with Crippen molar-refractivity contribution in [2.45, 2.75) is 12.2 Å². The molecule has 0 aliphatic carbocycles. The molecule has 0 bridgehead atoms. The standard InChI is InChI=1S/C14H19F3N2O3.2ClH/c1-21-9-7-10(20)12(11(8-9)22-2)13(14(15,16)17)19-5-3-18-4-6-19;;/h7-8,13,18,20H,3-6H2,1-2H3;2*1H/t13-;;/m1../s1. The number of phenolic OH excluding ortho intramolecular Hbond substituents is 1. The number of nitrogens with one attached hydrogen (secondary N) is 1. The van der Waals surface area contributed by atoms with Crippen molar-refractivity contribution in [2.24, 2.45) is 0 Å². The van der Waals surface area contributed by atoms with Crippen molar-refractivity contribution < 1.29 is 27.8 Å². The Morgan fingerprint density at radius 1 is 1.12 bits per heavy atom. The summed E-state index contributed by atoms with van der Waals surface area (Å²) in [6.45, 7) is 1.40. The topological polar surface area (TPSA) is 54.0 Å². The summed E-state index contributed by atoms with van der Waals surface area (Å²) in [7, 11) is 2.63. The third-order valence-electron chi connectivity index (χ3n) is 3.65. The maximum absolute atomic E-state index is 13.6. The lowest BCUT2D eigenvalue weighted by Gasteiger charge is -2.36. The van der Waals surface area contributed by atoms with Crippen molar-refractivity contribution in [1.82, 2.24) is 10.2 Å². The lowest BCUT2D eigenvalue weighted by atomic mass is 10.0. The molecule has 1 atom stereocenters. The van der Waals surface area contributed by atoms with Gasteiger partial charge in [-0.3, -0.25) is 4.90 Å². The van der Waals surface area contributed by atoms with Crippen LogP contribution in [0.4, 0.5) is 13.2 Å². The molecule has 10 heteroatoms. The Morgan fingerprint density at radius 3 is 2.17 bits per heavy atom. The first-order valence-corrected chi connectivity index (χ1v) is 6.85. The van der Waals surface area contributed by atoms with Crippen molar-refractivity contribution >= 4 is 24.8 Å². The van der Waals surface area contributed by atoms with Gasteiger partial charge in [0.15, 0.2) is 0 Å². The quantitative estimate of drug-likeness (QED) is 0.824. The normalized spacial score (nSPS) is 16.5. The smallest absolute Gasteiger partial charge is 0.408 e. The van der Waals surface area contributed by atoms with Gasteiger partial charge in [0.05, 0.1) is 19.8 Å². The predicted octanol–water partition coefficient (Wildman–Crippen LogP) is 2.76. The number of aromatic hydroxyl groups is 1. The molecule has 24 heavy (non-hydrogen) atoms. The van der Waals surface area contributed by atoms with Crippen LogP contribution in [0.3, 0.4) is 0 Å². The molecule has 1 aromatic rings. The van der Waals surface area contributed by atoms with Crippen LogP contribution in [0, 0.1) is 0 Å². The summed E-state index contributed by atoms with van der Waals surface area (Å²) in [6, 6.07) is 0.588. The second-order valence-corrected chi connectivity index (χ2v) is 4.99. The van der Waals surface area contributed by atoms with Gasteiger partial charge in [-0.25, -0.2) is 0 Å². The van der Waals surface area contributed by atoms with E-state index in [2.05, 4.69) is 5.32 Å². The molecule has 5 nitrogen and oxygen atoms in total. The fraction of sp³-hybridized carbons (Fsp3) is 0.571. The van der Waals surface area contributed by atoms with Gasteiger partial charge < -0.3 is 19.9 Å². The fourth-order valence-corrected chi connectivity index (χ4v) is 2.64. The van der Waals surface area contributed by atoms with Gasteiger partial charge in [0.25, 0.3) is 0 Å². The van der Waals surface area contributed by atoms with Crippen molar-refractivity contribution in [1.29, 1.82) is 0 Å². The van der Waals surface area contributed by atoms with E-state index in [1.807, 2.05) is 0 Å². The molecule has 2 N–H and O–H groups in total. The number of hydrogen-bond acceptors (Lipinski definition) is 5. The van der Waals surface area contributed by atoms with E-state index in [1.165, 1.54) is 31.3 Å². The molecule has 1 heterocycles. The number of rotatable bonds is 4. The van der Waals surface area contributed by atoms with E-state index in [1.54, 1.807) is 0 Å². The molecule has 0 aromatic heterocycles. The first-order chi connectivity index (χ1) is 10.4. The minimum Gasteiger partial charge on any atom is -0.507 e. The van der Waals surface area contributed by atoms with Gasteiger partial charge >= 0.3 is 6.18 Å². The second-order valence-electron chi connectivity index (χ2n) is 4.99. The second kappa shape index (κ2) is 9.41. The van der Waals surface area contributed by atoms with Crippen LogP contribution in [-0.2, 0) is 0 Å². The van der Waals surface area contributed by atoms with Gasteiger partial charge in [-0.05, 0) is 0 Å². The first kappa shape index (κ1) is 22.9. The van der Waals surface area contributed by atoms with Gasteiger partial charge in [-0.2, -0.15) is 13.2 Å². The van der Waals surface area contributed by atoms with Crippen LogP contribution < -0.4 is 14.8 Å². The molecule has 0 spiro atoms. The van der Waals surface area contributed by atoms with E-state index in [9.17, 15) is 18.3 Å². The van der Waals surface area contributed by atoms with Crippen LogP contribution in [0.1, 0.15) is 11.6 Å². The van der Waals surface area contributed by atoms with Gasteiger partial charge in [0, 0.05) is 38.3 Å². The largest absolute Gasteiger partial charge is 0.507 e. The molecule has 1 aliphatic heterocycles. The zero-order valence-electron chi connectivity index (χ0n) is 13.2. The molecule has 2 rings (SSSR count). The third-order valence-corrected chi connectivity index (χ3v) is 3.65. The highest BCUT2D eigenvalue weighted by Gasteiger charge is 2.47. The SMILES string of the molecule is COc1cc(O)c([C@@H](N2CCNCC2)C(F)(F)F)c(OC)c1.Cl.Cl. The minimum atomic E-state index is -4.53. The summed E-state index contributed by atoms with van der Waals surface area (Å²) in [5.74, 6) is -0.297. The van der Waals surface area contributed by atoms with Crippen LogP contribution >= 0.6 is 24.8 Å². The summed E-state index contributed by atoms with van der Waals surface area (Å²) in [5, 5.41) is 13.1. The van der Waals surface area contributed by atoms with Crippen LogP contribution in [0.5, 0.6) is 17.2 Å². The van der Waals surface area contributed by atoms with E-state index in [0.717, 1.165) is 0 Å². The molecule has 1 aromatic carbocycles.